The number of nitrogens with one attached hydrogen (secondary N) is 3. The number of benzene rings is 2. The van der Waals surface area contributed by atoms with Gasteiger partial charge in [-0.05, 0) is 55.0 Å². The quantitative estimate of drug-likeness (QED) is 0.257. The molecular formula is C28H26F3N7O2. The fraction of sp³-hybridized carbons (Fsp3) is 0.179. The first-order valence-electron chi connectivity index (χ1n) is 12.2. The molecule has 0 atom stereocenters. The molecule has 0 radical (unpaired) electrons. The van der Waals surface area contributed by atoms with E-state index in [0.717, 1.165) is 17.8 Å². The van der Waals surface area contributed by atoms with Crippen molar-refractivity contribution in [2.75, 3.05) is 34.4 Å². The third-order valence-corrected chi connectivity index (χ3v) is 5.90. The van der Waals surface area contributed by atoms with Crippen LogP contribution in [-0.2, 0) is 12.6 Å². The van der Waals surface area contributed by atoms with Gasteiger partial charge in [-0.1, -0.05) is 18.2 Å². The van der Waals surface area contributed by atoms with Gasteiger partial charge in [0.2, 0.25) is 0 Å². The number of pyridine rings is 1. The number of urea groups is 1. The molecule has 40 heavy (non-hydrogen) atoms. The third kappa shape index (κ3) is 7.31. The molecule has 0 saturated carbocycles. The predicted octanol–water partition coefficient (Wildman–Crippen LogP) is 5.77. The number of nitrogens with zero attached hydrogens (tertiary/aromatic N) is 4. The summed E-state index contributed by atoms with van der Waals surface area (Å²) in [6.07, 6.45) is -0.801. The number of aromatic nitrogens is 3. The molecule has 2 aromatic carbocycles. The van der Waals surface area contributed by atoms with Crippen molar-refractivity contribution in [1.29, 1.82) is 0 Å². The van der Waals surface area contributed by atoms with Gasteiger partial charge in [0.05, 0.1) is 5.56 Å². The van der Waals surface area contributed by atoms with E-state index in [0.29, 0.717) is 41.5 Å². The zero-order valence-electron chi connectivity index (χ0n) is 21.7. The van der Waals surface area contributed by atoms with Gasteiger partial charge in [-0.15, -0.1) is 0 Å². The molecule has 4 rings (SSSR count). The fourth-order valence-electron chi connectivity index (χ4n) is 3.67. The summed E-state index contributed by atoms with van der Waals surface area (Å²) in [5, 5.41) is 8.53. The van der Waals surface area contributed by atoms with Crippen LogP contribution in [0.1, 0.15) is 27.2 Å². The van der Waals surface area contributed by atoms with E-state index in [2.05, 4.69) is 30.9 Å². The number of hydrogen-bond donors (Lipinski definition) is 3. The summed E-state index contributed by atoms with van der Waals surface area (Å²) in [6.45, 7) is 2.35. The first kappa shape index (κ1) is 28.0. The Kier molecular flexibility index (Phi) is 8.57. The van der Waals surface area contributed by atoms with Gasteiger partial charge >= 0.3 is 12.2 Å². The minimum Gasteiger partial charge on any atom is -0.370 e. The number of carbonyl (C=O) groups excluding carboxylic acids is 2. The van der Waals surface area contributed by atoms with Crippen LogP contribution in [0.2, 0.25) is 0 Å². The number of amides is 3. The zero-order valence-corrected chi connectivity index (χ0v) is 21.7. The van der Waals surface area contributed by atoms with Crippen LogP contribution in [0.3, 0.4) is 0 Å². The number of hydrogen-bond acceptors (Lipinski definition) is 6. The molecule has 3 N–H and O–H groups in total. The van der Waals surface area contributed by atoms with Crippen molar-refractivity contribution in [3.8, 4) is 0 Å². The van der Waals surface area contributed by atoms with Gasteiger partial charge < -0.3 is 16.0 Å². The standard InChI is InChI=1S/C28H26F3N7O2/c1-18-9-10-22(36-26(39)19-6-5-7-20(14-19)28(29,30)31)15-23(18)37-27(40)38(2)25-16-24(34-17-35-25)33-13-11-21-8-3-4-12-32-21/h3-10,12,14-17H,11,13H2,1-2H3,(H,36,39)(H,37,40)(H,33,34,35). The van der Waals surface area contributed by atoms with Crippen LogP contribution in [0.25, 0.3) is 0 Å². The van der Waals surface area contributed by atoms with Crippen LogP contribution < -0.4 is 20.9 Å². The van der Waals surface area contributed by atoms with Crippen LogP contribution >= 0.6 is 0 Å². The molecule has 3 amide bonds. The van der Waals surface area contributed by atoms with E-state index in [1.165, 1.54) is 29.4 Å². The largest absolute Gasteiger partial charge is 0.416 e. The second-order valence-electron chi connectivity index (χ2n) is 8.81. The number of aryl methyl sites for hydroxylation is 1. The summed E-state index contributed by atoms with van der Waals surface area (Å²) in [5.41, 5.74) is 1.28. The van der Waals surface area contributed by atoms with Gasteiger partial charge in [-0.25, -0.2) is 14.8 Å². The van der Waals surface area contributed by atoms with Crippen molar-refractivity contribution in [3.05, 3.63) is 102 Å². The molecule has 0 bridgehead atoms. The normalized spacial score (nSPS) is 11.0. The maximum atomic E-state index is 13.0. The monoisotopic (exact) mass is 549 g/mol. The van der Waals surface area contributed by atoms with E-state index in [9.17, 15) is 22.8 Å². The van der Waals surface area contributed by atoms with Crippen molar-refractivity contribution < 1.29 is 22.8 Å². The molecule has 0 unspecified atom stereocenters. The van der Waals surface area contributed by atoms with Gasteiger partial charge in [0.1, 0.15) is 18.0 Å². The van der Waals surface area contributed by atoms with E-state index >= 15 is 0 Å². The van der Waals surface area contributed by atoms with Crippen molar-refractivity contribution in [2.45, 2.75) is 19.5 Å². The van der Waals surface area contributed by atoms with Gasteiger partial charge in [0.25, 0.3) is 5.91 Å². The molecule has 0 aliphatic heterocycles. The SMILES string of the molecule is Cc1ccc(NC(=O)c2cccc(C(F)(F)F)c2)cc1NC(=O)N(C)c1cc(NCCc2ccccn2)ncn1. The number of anilines is 4. The fourth-order valence-corrected chi connectivity index (χ4v) is 3.67. The smallest absolute Gasteiger partial charge is 0.370 e. The summed E-state index contributed by atoms with van der Waals surface area (Å²) in [5.74, 6) is 0.170. The summed E-state index contributed by atoms with van der Waals surface area (Å²) in [7, 11) is 1.55. The van der Waals surface area contributed by atoms with Crippen molar-refractivity contribution in [3.63, 3.8) is 0 Å². The molecule has 9 nitrogen and oxygen atoms in total. The lowest BCUT2D eigenvalue weighted by Crippen LogP contribution is -2.32. The maximum Gasteiger partial charge on any atom is 0.416 e. The van der Waals surface area contributed by atoms with Crippen molar-refractivity contribution in [2.24, 2.45) is 0 Å². The lowest BCUT2D eigenvalue weighted by atomic mass is 10.1. The minimum absolute atomic E-state index is 0.145. The number of rotatable bonds is 8. The maximum absolute atomic E-state index is 13.0. The highest BCUT2D eigenvalue weighted by molar-refractivity contribution is 6.05. The summed E-state index contributed by atoms with van der Waals surface area (Å²) < 4.78 is 39.0. The Morgan fingerprint density at radius 1 is 0.925 bits per heavy atom. The first-order valence-corrected chi connectivity index (χ1v) is 12.2. The molecule has 0 aliphatic carbocycles. The Labute approximate surface area is 228 Å². The Morgan fingerprint density at radius 2 is 1.75 bits per heavy atom. The van der Waals surface area contributed by atoms with Gasteiger partial charge in [0.15, 0.2) is 0 Å². The molecule has 12 heteroatoms. The average molecular weight is 550 g/mol. The predicted molar refractivity (Wildman–Crippen MR) is 146 cm³/mol. The van der Waals surface area contributed by atoms with Gasteiger partial charge in [-0.2, -0.15) is 13.2 Å². The highest BCUT2D eigenvalue weighted by Crippen LogP contribution is 2.30. The third-order valence-electron chi connectivity index (χ3n) is 5.90. The molecule has 0 spiro atoms. The van der Waals surface area contributed by atoms with E-state index in [4.69, 9.17) is 0 Å². The van der Waals surface area contributed by atoms with Crippen molar-refractivity contribution in [1.82, 2.24) is 15.0 Å². The molecular weight excluding hydrogens is 523 g/mol. The highest BCUT2D eigenvalue weighted by atomic mass is 19.4. The molecule has 4 aromatic rings. The molecule has 2 heterocycles. The second kappa shape index (κ2) is 12.2. The summed E-state index contributed by atoms with van der Waals surface area (Å²) in [6, 6.07) is 15.8. The Balaban J connectivity index is 1.39. The average Bonchev–Trinajstić information content (AvgIpc) is 2.94. The van der Waals surface area contributed by atoms with Gasteiger partial charge in [0, 0.05) is 54.9 Å². The lowest BCUT2D eigenvalue weighted by Gasteiger charge is -2.19. The van der Waals surface area contributed by atoms with Crippen LogP contribution in [-0.4, -0.2) is 40.5 Å². The van der Waals surface area contributed by atoms with Crippen molar-refractivity contribution >= 4 is 34.9 Å². The molecule has 0 aliphatic rings. The Hall–Kier alpha value is -5.00. The van der Waals surface area contributed by atoms with Crippen LogP contribution in [0.5, 0.6) is 0 Å². The van der Waals surface area contributed by atoms with E-state index in [1.54, 1.807) is 38.4 Å². The minimum atomic E-state index is -4.57. The van der Waals surface area contributed by atoms with Gasteiger partial charge in [-0.3, -0.25) is 14.7 Å². The molecule has 206 valence electrons. The van der Waals surface area contributed by atoms with E-state index in [-0.39, 0.29) is 5.56 Å². The van der Waals surface area contributed by atoms with Crippen LogP contribution in [0, 0.1) is 6.92 Å². The topological polar surface area (TPSA) is 112 Å². The van der Waals surface area contributed by atoms with E-state index < -0.39 is 23.7 Å². The van der Waals surface area contributed by atoms with Crippen LogP contribution in [0.15, 0.2) is 79.3 Å². The number of carbonyl (C=O) groups is 2. The summed E-state index contributed by atoms with van der Waals surface area (Å²) in [4.78, 5) is 39.5. The Bertz CT molecular complexity index is 1500. The molecule has 0 fully saturated rings. The Morgan fingerprint density at radius 3 is 2.50 bits per heavy atom. The number of halogens is 3. The molecule has 0 saturated heterocycles. The number of alkyl halides is 3. The van der Waals surface area contributed by atoms with Crippen LogP contribution in [0.4, 0.5) is 41.0 Å². The highest BCUT2D eigenvalue weighted by Gasteiger charge is 2.31. The summed E-state index contributed by atoms with van der Waals surface area (Å²) >= 11 is 0. The van der Waals surface area contributed by atoms with E-state index in [1.807, 2.05) is 18.2 Å². The zero-order chi connectivity index (χ0) is 28.7. The first-order chi connectivity index (χ1) is 19.1. The lowest BCUT2D eigenvalue weighted by molar-refractivity contribution is -0.137. The second-order valence-corrected chi connectivity index (χ2v) is 8.81. The molecule has 2 aromatic heterocycles.